The van der Waals surface area contributed by atoms with Crippen LogP contribution in [0, 0.1) is 5.92 Å². The summed E-state index contributed by atoms with van der Waals surface area (Å²) in [6.45, 7) is 0.742. The normalized spacial score (nSPS) is 23.7. The molecule has 0 radical (unpaired) electrons. The molecule has 1 aromatic rings. The molecule has 3 nitrogen and oxygen atoms in total. The van der Waals surface area contributed by atoms with Crippen molar-refractivity contribution in [2.45, 2.75) is 12.3 Å². The molecule has 0 amide bonds. The number of ether oxygens (including phenoxy) is 2. The molecule has 0 spiro atoms. The summed E-state index contributed by atoms with van der Waals surface area (Å²) in [5, 5.41) is 0. The smallest absolute Gasteiger partial charge is 0.126 e. The van der Waals surface area contributed by atoms with Crippen LogP contribution in [0.2, 0.25) is 0 Å². The van der Waals surface area contributed by atoms with Gasteiger partial charge in [0.1, 0.15) is 11.5 Å². The first kappa shape index (κ1) is 10.3. The molecule has 1 saturated carbocycles. The van der Waals surface area contributed by atoms with Crippen molar-refractivity contribution in [3.63, 3.8) is 0 Å². The largest absolute Gasteiger partial charge is 0.496 e. The molecule has 1 aliphatic carbocycles. The standard InChI is InChI=1S/C12H17NO2/c1-14-10-4-3-5-11(15-2)12(10)9-6-8(9)7-13/h3-5,8-9H,6-7,13H2,1-2H3/t8-,9+/m0/s1. The maximum Gasteiger partial charge on any atom is 0.126 e. The van der Waals surface area contributed by atoms with E-state index in [1.807, 2.05) is 18.2 Å². The molecular formula is C12H17NO2. The Bertz CT molecular complexity index is 329. The van der Waals surface area contributed by atoms with E-state index in [0.717, 1.165) is 24.5 Å². The number of methoxy groups -OCH3 is 2. The molecule has 0 aromatic heterocycles. The first-order valence-corrected chi connectivity index (χ1v) is 5.22. The van der Waals surface area contributed by atoms with E-state index >= 15 is 0 Å². The number of hydrogen-bond acceptors (Lipinski definition) is 3. The van der Waals surface area contributed by atoms with E-state index in [4.69, 9.17) is 15.2 Å². The highest BCUT2D eigenvalue weighted by atomic mass is 16.5. The van der Waals surface area contributed by atoms with Crippen molar-refractivity contribution in [2.75, 3.05) is 20.8 Å². The van der Waals surface area contributed by atoms with Crippen LogP contribution in [0.1, 0.15) is 17.9 Å². The monoisotopic (exact) mass is 207 g/mol. The van der Waals surface area contributed by atoms with Gasteiger partial charge in [0.05, 0.1) is 14.2 Å². The topological polar surface area (TPSA) is 44.5 Å². The second-order valence-electron chi connectivity index (χ2n) is 3.91. The minimum absolute atomic E-state index is 0.515. The van der Waals surface area contributed by atoms with Gasteiger partial charge in [-0.25, -0.2) is 0 Å². The molecular weight excluding hydrogens is 190 g/mol. The minimum atomic E-state index is 0.515. The lowest BCUT2D eigenvalue weighted by molar-refractivity contribution is 0.384. The molecule has 2 rings (SSSR count). The molecule has 0 heterocycles. The molecule has 15 heavy (non-hydrogen) atoms. The van der Waals surface area contributed by atoms with E-state index in [1.54, 1.807) is 14.2 Å². The third-order valence-corrected chi connectivity index (χ3v) is 3.06. The zero-order valence-corrected chi connectivity index (χ0v) is 9.19. The van der Waals surface area contributed by atoms with Crippen LogP contribution >= 0.6 is 0 Å². The Morgan fingerprint density at radius 1 is 1.27 bits per heavy atom. The Hall–Kier alpha value is -1.22. The maximum absolute atomic E-state index is 5.66. The van der Waals surface area contributed by atoms with Gasteiger partial charge >= 0.3 is 0 Å². The van der Waals surface area contributed by atoms with Crippen LogP contribution in [0.4, 0.5) is 0 Å². The Labute approximate surface area is 90.2 Å². The lowest BCUT2D eigenvalue weighted by Gasteiger charge is -2.12. The molecule has 1 aliphatic rings. The maximum atomic E-state index is 5.66. The van der Waals surface area contributed by atoms with E-state index in [2.05, 4.69) is 0 Å². The van der Waals surface area contributed by atoms with Gasteiger partial charge in [-0.2, -0.15) is 0 Å². The van der Waals surface area contributed by atoms with E-state index in [0.29, 0.717) is 11.8 Å². The SMILES string of the molecule is COc1cccc(OC)c1[C@@H]1C[C@H]1CN. The van der Waals surface area contributed by atoms with E-state index in [9.17, 15) is 0 Å². The third kappa shape index (κ3) is 1.79. The van der Waals surface area contributed by atoms with Gasteiger partial charge in [-0.3, -0.25) is 0 Å². The second kappa shape index (κ2) is 4.11. The third-order valence-electron chi connectivity index (χ3n) is 3.06. The molecule has 0 unspecified atom stereocenters. The van der Waals surface area contributed by atoms with Crippen molar-refractivity contribution in [3.8, 4) is 11.5 Å². The van der Waals surface area contributed by atoms with Gasteiger partial charge < -0.3 is 15.2 Å². The number of hydrogen-bond donors (Lipinski definition) is 1. The molecule has 0 saturated heterocycles. The Balaban J connectivity index is 2.34. The van der Waals surface area contributed by atoms with Gasteiger partial charge in [-0.15, -0.1) is 0 Å². The summed E-state index contributed by atoms with van der Waals surface area (Å²) in [6, 6.07) is 5.90. The van der Waals surface area contributed by atoms with Crippen LogP contribution in [0.25, 0.3) is 0 Å². The van der Waals surface area contributed by atoms with Crippen molar-refractivity contribution < 1.29 is 9.47 Å². The fraction of sp³-hybridized carbons (Fsp3) is 0.500. The van der Waals surface area contributed by atoms with E-state index in [1.165, 1.54) is 5.56 Å². The highest BCUT2D eigenvalue weighted by Gasteiger charge is 2.40. The molecule has 2 atom stereocenters. The summed E-state index contributed by atoms with van der Waals surface area (Å²) in [5.74, 6) is 2.93. The van der Waals surface area contributed by atoms with Crippen LogP contribution in [0.15, 0.2) is 18.2 Å². The molecule has 1 fully saturated rings. The summed E-state index contributed by atoms with van der Waals surface area (Å²) < 4.78 is 10.7. The van der Waals surface area contributed by atoms with Gasteiger partial charge in [0.2, 0.25) is 0 Å². The van der Waals surface area contributed by atoms with Gasteiger partial charge in [0.15, 0.2) is 0 Å². The number of nitrogens with two attached hydrogens (primary N) is 1. The highest BCUT2D eigenvalue weighted by molar-refractivity contribution is 5.49. The minimum Gasteiger partial charge on any atom is -0.496 e. The molecule has 0 bridgehead atoms. The average Bonchev–Trinajstić information content (AvgIpc) is 3.06. The van der Waals surface area contributed by atoms with E-state index in [-0.39, 0.29) is 0 Å². The van der Waals surface area contributed by atoms with Crippen LogP contribution in [0.3, 0.4) is 0 Å². The summed E-state index contributed by atoms with van der Waals surface area (Å²) >= 11 is 0. The van der Waals surface area contributed by atoms with Crippen LogP contribution in [-0.2, 0) is 0 Å². The molecule has 0 aliphatic heterocycles. The van der Waals surface area contributed by atoms with Crippen LogP contribution < -0.4 is 15.2 Å². The molecule has 3 heteroatoms. The second-order valence-corrected chi connectivity index (χ2v) is 3.91. The molecule has 82 valence electrons. The zero-order chi connectivity index (χ0) is 10.8. The predicted molar refractivity (Wildman–Crippen MR) is 59.4 cm³/mol. The van der Waals surface area contributed by atoms with Crippen LogP contribution in [-0.4, -0.2) is 20.8 Å². The lowest BCUT2D eigenvalue weighted by Crippen LogP contribution is -2.03. The van der Waals surface area contributed by atoms with Gasteiger partial charge in [-0.05, 0) is 36.9 Å². The first-order chi connectivity index (χ1) is 7.31. The van der Waals surface area contributed by atoms with Crippen molar-refractivity contribution >= 4 is 0 Å². The van der Waals surface area contributed by atoms with E-state index < -0.39 is 0 Å². The summed E-state index contributed by atoms with van der Waals surface area (Å²) in [6.07, 6.45) is 1.15. The molecule has 1 aromatic carbocycles. The number of benzene rings is 1. The van der Waals surface area contributed by atoms with Gasteiger partial charge in [0.25, 0.3) is 0 Å². The van der Waals surface area contributed by atoms with Crippen molar-refractivity contribution in [1.82, 2.24) is 0 Å². The average molecular weight is 207 g/mol. The van der Waals surface area contributed by atoms with Crippen molar-refractivity contribution in [2.24, 2.45) is 11.7 Å². The quantitative estimate of drug-likeness (QED) is 0.818. The highest BCUT2D eigenvalue weighted by Crippen LogP contribution is 2.52. The van der Waals surface area contributed by atoms with Gasteiger partial charge in [-0.1, -0.05) is 6.07 Å². The van der Waals surface area contributed by atoms with Crippen molar-refractivity contribution in [3.05, 3.63) is 23.8 Å². The summed E-state index contributed by atoms with van der Waals surface area (Å²) in [5.41, 5.74) is 6.84. The molecule has 2 N–H and O–H groups in total. The summed E-state index contributed by atoms with van der Waals surface area (Å²) in [7, 11) is 3.39. The predicted octanol–water partition coefficient (Wildman–Crippen LogP) is 1.77. The Morgan fingerprint density at radius 3 is 2.27 bits per heavy atom. The van der Waals surface area contributed by atoms with Crippen LogP contribution in [0.5, 0.6) is 11.5 Å². The zero-order valence-electron chi connectivity index (χ0n) is 9.19. The van der Waals surface area contributed by atoms with Gasteiger partial charge in [0, 0.05) is 5.56 Å². The fourth-order valence-electron chi connectivity index (χ4n) is 2.11. The Kier molecular flexibility index (Phi) is 2.82. The summed E-state index contributed by atoms with van der Waals surface area (Å²) in [4.78, 5) is 0. The number of rotatable bonds is 4. The van der Waals surface area contributed by atoms with Crippen molar-refractivity contribution in [1.29, 1.82) is 0 Å². The Morgan fingerprint density at radius 2 is 1.87 bits per heavy atom. The first-order valence-electron chi connectivity index (χ1n) is 5.22. The lowest BCUT2D eigenvalue weighted by atomic mass is 10.1. The fourth-order valence-corrected chi connectivity index (χ4v) is 2.11.